The highest BCUT2D eigenvalue weighted by Crippen LogP contribution is 2.18. The number of halogens is 1. The fourth-order valence-corrected chi connectivity index (χ4v) is 2.53. The zero-order valence-corrected chi connectivity index (χ0v) is 11.6. The number of benzene rings is 1. The zero-order valence-electron chi connectivity index (χ0n) is 9.40. The van der Waals surface area contributed by atoms with Crippen molar-refractivity contribution in [1.82, 2.24) is 4.90 Å². The van der Waals surface area contributed by atoms with Crippen LogP contribution in [0.5, 0.6) is 0 Å². The molecule has 3 heteroatoms. The summed E-state index contributed by atoms with van der Waals surface area (Å²) < 4.78 is 1.29. The van der Waals surface area contributed by atoms with E-state index in [1.807, 2.05) is 0 Å². The Morgan fingerprint density at radius 3 is 2.38 bits per heavy atom. The van der Waals surface area contributed by atoms with Crippen molar-refractivity contribution in [1.29, 1.82) is 0 Å². The SMILES string of the molecule is OCC1CCN(Cc2ccc(I)cc2)CC1. The maximum absolute atomic E-state index is 9.08. The van der Waals surface area contributed by atoms with Gasteiger partial charge in [-0.1, -0.05) is 12.1 Å². The van der Waals surface area contributed by atoms with Gasteiger partial charge in [0.15, 0.2) is 0 Å². The Bertz CT molecular complexity index is 317. The largest absolute Gasteiger partial charge is 0.396 e. The van der Waals surface area contributed by atoms with Crippen molar-refractivity contribution < 1.29 is 5.11 Å². The third-order valence-electron chi connectivity index (χ3n) is 3.28. The molecule has 1 fully saturated rings. The summed E-state index contributed by atoms with van der Waals surface area (Å²) in [5.41, 5.74) is 1.39. The summed E-state index contributed by atoms with van der Waals surface area (Å²) in [6, 6.07) is 8.74. The Labute approximate surface area is 111 Å². The minimum Gasteiger partial charge on any atom is -0.396 e. The van der Waals surface area contributed by atoms with Crippen LogP contribution in [0, 0.1) is 9.49 Å². The fraction of sp³-hybridized carbons (Fsp3) is 0.538. The Balaban J connectivity index is 1.84. The number of nitrogens with zero attached hydrogens (tertiary/aromatic N) is 1. The van der Waals surface area contributed by atoms with Gasteiger partial charge in [-0.05, 0) is 72.1 Å². The van der Waals surface area contributed by atoms with Gasteiger partial charge in [0.2, 0.25) is 0 Å². The monoisotopic (exact) mass is 331 g/mol. The van der Waals surface area contributed by atoms with Crippen molar-refractivity contribution in [3.63, 3.8) is 0 Å². The van der Waals surface area contributed by atoms with Gasteiger partial charge < -0.3 is 5.11 Å². The van der Waals surface area contributed by atoms with E-state index in [2.05, 4.69) is 51.8 Å². The van der Waals surface area contributed by atoms with Crippen molar-refractivity contribution in [2.75, 3.05) is 19.7 Å². The third-order valence-corrected chi connectivity index (χ3v) is 4.00. The molecule has 0 bridgehead atoms. The number of hydrogen-bond acceptors (Lipinski definition) is 2. The first-order valence-corrected chi connectivity index (χ1v) is 6.93. The lowest BCUT2D eigenvalue weighted by molar-refractivity contribution is 0.127. The number of piperidine rings is 1. The molecule has 1 aromatic carbocycles. The molecule has 0 saturated carbocycles. The summed E-state index contributed by atoms with van der Waals surface area (Å²) in [6.07, 6.45) is 2.28. The second-order valence-corrected chi connectivity index (χ2v) is 5.77. The number of aliphatic hydroxyl groups is 1. The van der Waals surface area contributed by atoms with E-state index in [4.69, 9.17) is 5.11 Å². The quantitative estimate of drug-likeness (QED) is 0.861. The van der Waals surface area contributed by atoms with Gasteiger partial charge in [-0.25, -0.2) is 0 Å². The predicted molar refractivity (Wildman–Crippen MR) is 74.2 cm³/mol. The van der Waals surface area contributed by atoms with Crippen LogP contribution in [0.1, 0.15) is 18.4 Å². The van der Waals surface area contributed by atoms with E-state index in [1.54, 1.807) is 0 Å². The highest BCUT2D eigenvalue weighted by molar-refractivity contribution is 14.1. The average molecular weight is 331 g/mol. The lowest BCUT2D eigenvalue weighted by atomic mass is 9.97. The summed E-state index contributed by atoms with van der Waals surface area (Å²) in [6.45, 7) is 3.65. The summed E-state index contributed by atoms with van der Waals surface area (Å²) in [5.74, 6) is 0.535. The molecule has 0 unspecified atom stereocenters. The number of aliphatic hydroxyl groups excluding tert-OH is 1. The highest BCUT2D eigenvalue weighted by atomic mass is 127. The van der Waals surface area contributed by atoms with E-state index in [9.17, 15) is 0 Å². The number of hydrogen-bond donors (Lipinski definition) is 1. The van der Waals surface area contributed by atoms with Gasteiger partial charge in [0.05, 0.1) is 0 Å². The Morgan fingerprint density at radius 1 is 1.19 bits per heavy atom. The summed E-state index contributed by atoms with van der Waals surface area (Å²) in [7, 11) is 0. The van der Waals surface area contributed by atoms with Gasteiger partial charge in [-0.15, -0.1) is 0 Å². The van der Waals surface area contributed by atoms with E-state index in [-0.39, 0.29) is 0 Å². The molecule has 2 rings (SSSR count). The molecule has 0 radical (unpaired) electrons. The lowest BCUT2D eigenvalue weighted by Crippen LogP contribution is -2.34. The van der Waals surface area contributed by atoms with E-state index < -0.39 is 0 Å². The van der Waals surface area contributed by atoms with Crippen LogP contribution in [0.25, 0.3) is 0 Å². The van der Waals surface area contributed by atoms with Crippen molar-refractivity contribution in [3.05, 3.63) is 33.4 Å². The number of likely N-dealkylation sites (tertiary alicyclic amines) is 1. The summed E-state index contributed by atoms with van der Waals surface area (Å²) in [5, 5.41) is 9.08. The van der Waals surface area contributed by atoms with Crippen LogP contribution in [-0.2, 0) is 6.54 Å². The Kier molecular flexibility index (Phi) is 4.61. The molecule has 0 atom stereocenters. The van der Waals surface area contributed by atoms with Crippen molar-refractivity contribution in [3.8, 4) is 0 Å². The standard InChI is InChI=1S/C13H18INO/c14-13-3-1-11(2-4-13)9-15-7-5-12(10-16)6-8-15/h1-4,12,16H,5-10H2. The average Bonchev–Trinajstić information content (AvgIpc) is 2.33. The van der Waals surface area contributed by atoms with Gasteiger partial charge in [-0.2, -0.15) is 0 Å². The third kappa shape index (κ3) is 3.43. The molecular formula is C13H18INO. The van der Waals surface area contributed by atoms with Crippen molar-refractivity contribution in [2.24, 2.45) is 5.92 Å². The van der Waals surface area contributed by atoms with E-state index in [0.29, 0.717) is 12.5 Å². The second-order valence-electron chi connectivity index (χ2n) is 4.53. The molecule has 1 aromatic rings. The maximum Gasteiger partial charge on any atom is 0.0460 e. The first kappa shape index (κ1) is 12.3. The van der Waals surface area contributed by atoms with Gasteiger partial charge >= 0.3 is 0 Å². The minimum absolute atomic E-state index is 0.359. The molecule has 1 aliphatic heterocycles. The Hall–Kier alpha value is -0.130. The van der Waals surface area contributed by atoms with Crippen molar-refractivity contribution >= 4 is 22.6 Å². The molecular weight excluding hydrogens is 313 g/mol. The molecule has 88 valence electrons. The normalized spacial score (nSPS) is 18.9. The molecule has 0 aromatic heterocycles. The van der Waals surface area contributed by atoms with Gasteiger partial charge in [0.1, 0.15) is 0 Å². The molecule has 16 heavy (non-hydrogen) atoms. The van der Waals surface area contributed by atoms with Gasteiger partial charge in [-0.3, -0.25) is 4.90 Å². The maximum atomic E-state index is 9.08. The van der Waals surface area contributed by atoms with Crippen LogP contribution in [0.15, 0.2) is 24.3 Å². The van der Waals surface area contributed by atoms with Gasteiger partial charge in [0.25, 0.3) is 0 Å². The zero-order chi connectivity index (χ0) is 11.4. The second kappa shape index (κ2) is 5.98. The molecule has 1 saturated heterocycles. The summed E-state index contributed by atoms with van der Waals surface area (Å²) in [4.78, 5) is 2.48. The van der Waals surface area contributed by atoms with Crippen LogP contribution >= 0.6 is 22.6 Å². The molecule has 0 amide bonds. The molecule has 1 N–H and O–H groups in total. The predicted octanol–water partition coefficient (Wildman–Crippen LogP) is 2.50. The molecule has 2 nitrogen and oxygen atoms in total. The first-order chi connectivity index (χ1) is 7.78. The lowest BCUT2D eigenvalue weighted by Gasteiger charge is -2.31. The first-order valence-electron chi connectivity index (χ1n) is 5.85. The topological polar surface area (TPSA) is 23.5 Å². The molecule has 0 spiro atoms. The smallest absolute Gasteiger partial charge is 0.0460 e. The van der Waals surface area contributed by atoms with Crippen LogP contribution in [-0.4, -0.2) is 29.7 Å². The Morgan fingerprint density at radius 2 is 1.81 bits per heavy atom. The molecule has 0 aliphatic carbocycles. The molecule has 1 aliphatic rings. The van der Waals surface area contributed by atoms with Crippen LogP contribution < -0.4 is 0 Å². The van der Waals surface area contributed by atoms with E-state index in [1.165, 1.54) is 9.13 Å². The van der Waals surface area contributed by atoms with Crippen LogP contribution in [0.2, 0.25) is 0 Å². The van der Waals surface area contributed by atoms with Gasteiger partial charge in [0, 0.05) is 16.7 Å². The number of rotatable bonds is 3. The van der Waals surface area contributed by atoms with E-state index in [0.717, 1.165) is 32.5 Å². The fourth-order valence-electron chi connectivity index (χ4n) is 2.18. The van der Waals surface area contributed by atoms with E-state index >= 15 is 0 Å². The minimum atomic E-state index is 0.359. The van der Waals surface area contributed by atoms with Crippen LogP contribution in [0.3, 0.4) is 0 Å². The summed E-state index contributed by atoms with van der Waals surface area (Å²) >= 11 is 2.33. The molecule has 1 heterocycles. The van der Waals surface area contributed by atoms with Crippen LogP contribution in [0.4, 0.5) is 0 Å². The highest BCUT2D eigenvalue weighted by Gasteiger charge is 2.18. The van der Waals surface area contributed by atoms with Crippen molar-refractivity contribution in [2.45, 2.75) is 19.4 Å².